The molecular weight excluding hydrogens is 270 g/mol. The summed E-state index contributed by atoms with van der Waals surface area (Å²) < 4.78 is 12.5. The van der Waals surface area contributed by atoms with Gasteiger partial charge >= 0.3 is 0 Å². The molecule has 0 aliphatic rings. The van der Waals surface area contributed by atoms with Crippen LogP contribution in [0.1, 0.15) is 12.6 Å². The molecule has 0 amide bonds. The van der Waals surface area contributed by atoms with Gasteiger partial charge in [-0.2, -0.15) is 0 Å². The van der Waals surface area contributed by atoms with Gasteiger partial charge in [-0.15, -0.1) is 5.10 Å². The Morgan fingerprint density at radius 1 is 1.24 bits per heavy atom. The highest BCUT2D eigenvalue weighted by Crippen LogP contribution is 2.26. The molecule has 0 aliphatic carbocycles. The lowest BCUT2D eigenvalue weighted by Gasteiger charge is -2.07. The molecule has 0 spiro atoms. The van der Waals surface area contributed by atoms with Crippen LogP contribution in [0, 0.1) is 0 Å². The van der Waals surface area contributed by atoms with Gasteiger partial charge in [0.25, 0.3) is 0 Å². The zero-order chi connectivity index (χ0) is 14.7. The first-order chi connectivity index (χ1) is 10.3. The van der Waals surface area contributed by atoms with Crippen LogP contribution < -0.4 is 4.74 Å². The minimum atomic E-state index is -0.201. The number of rotatable bonds is 5. The van der Waals surface area contributed by atoms with Crippen molar-refractivity contribution in [1.29, 1.82) is 0 Å². The van der Waals surface area contributed by atoms with E-state index in [9.17, 15) is 5.11 Å². The molecule has 3 aromatic rings. The second kappa shape index (κ2) is 5.80. The smallest absolute Gasteiger partial charge is 0.154 e. The number of benzene rings is 1. The first-order valence-corrected chi connectivity index (χ1v) is 6.66. The van der Waals surface area contributed by atoms with Crippen LogP contribution in [0.2, 0.25) is 0 Å². The summed E-state index contributed by atoms with van der Waals surface area (Å²) >= 11 is 0. The molecule has 0 fully saturated rings. The zero-order valence-corrected chi connectivity index (χ0v) is 11.6. The van der Waals surface area contributed by atoms with Gasteiger partial charge in [-0.3, -0.25) is 0 Å². The molecule has 0 bridgehead atoms. The van der Waals surface area contributed by atoms with Crippen LogP contribution in [0.5, 0.6) is 5.75 Å². The van der Waals surface area contributed by atoms with Crippen molar-refractivity contribution in [3.63, 3.8) is 0 Å². The predicted octanol–water partition coefficient (Wildman–Crippen LogP) is 2.42. The van der Waals surface area contributed by atoms with Crippen molar-refractivity contribution in [2.45, 2.75) is 13.5 Å². The molecule has 0 radical (unpaired) electrons. The number of hydrogen-bond donors (Lipinski definition) is 1. The van der Waals surface area contributed by atoms with Crippen LogP contribution in [0.4, 0.5) is 0 Å². The van der Waals surface area contributed by atoms with E-state index >= 15 is 0 Å². The number of aliphatic hydroxyl groups is 1. The van der Waals surface area contributed by atoms with Gasteiger partial charge in [0.05, 0.1) is 25.2 Å². The van der Waals surface area contributed by atoms with E-state index in [1.807, 2.05) is 37.3 Å². The highest BCUT2D eigenvalue weighted by Gasteiger charge is 2.17. The molecule has 6 nitrogen and oxygen atoms in total. The van der Waals surface area contributed by atoms with E-state index in [0.29, 0.717) is 23.8 Å². The maximum atomic E-state index is 9.41. The Morgan fingerprint density at radius 3 is 2.67 bits per heavy atom. The molecule has 3 rings (SSSR count). The summed E-state index contributed by atoms with van der Waals surface area (Å²) in [6.07, 6.45) is 1.58. The van der Waals surface area contributed by atoms with Crippen LogP contribution in [-0.4, -0.2) is 26.7 Å². The number of aliphatic hydroxyl groups excluding tert-OH is 1. The SMILES string of the molecule is CCOc1ccc(-n2nnc(CO)c2-c2ccco2)cc1. The maximum Gasteiger partial charge on any atom is 0.154 e. The number of ether oxygens (including phenoxy) is 1. The van der Waals surface area contributed by atoms with E-state index < -0.39 is 0 Å². The standard InChI is InChI=1S/C15H15N3O3/c1-2-20-12-7-5-11(6-8-12)18-15(13(10-19)16-17-18)14-4-3-9-21-14/h3-9,19H,2,10H2,1H3. The van der Waals surface area contributed by atoms with Crippen molar-refractivity contribution >= 4 is 0 Å². The lowest BCUT2D eigenvalue weighted by atomic mass is 10.2. The molecule has 0 saturated carbocycles. The van der Waals surface area contributed by atoms with Crippen LogP contribution in [-0.2, 0) is 6.61 Å². The summed E-state index contributed by atoms with van der Waals surface area (Å²) in [6, 6.07) is 11.1. The number of aromatic nitrogens is 3. The van der Waals surface area contributed by atoms with Crippen molar-refractivity contribution in [3.8, 4) is 22.9 Å². The lowest BCUT2D eigenvalue weighted by Crippen LogP contribution is -2.00. The van der Waals surface area contributed by atoms with E-state index in [0.717, 1.165) is 11.4 Å². The number of hydrogen-bond acceptors (Lipinski definition) is 5. The van der Waals surface area contributed by atoms with Crippen molar-refractivity contribution in [2.24, 2.45) is 0 Å². The van der Waals surface area contributed by atoms with Crippen molar-refractivity contribution in [1.82, 2.24) is 15.0 Å². The molecule has 2 aromatic heterocycles. The molecular formula is C15H15N3O3. The van der Waals surface area contributed by atoms with E-state index in [2.05, 4.69) is 10.3 Å². The summed E-state index contributed by atoms with van der Waals surface area (Å²) in [5, 5.41) is 17.5. The molecule has 0 saturated heterocycles. The second-order valence-corrected chi connectivity index (χ2v) is 4.36. The summed E-state index contributed by atoms with van der Waals surface area (Å²) in [5.74, 6) is 1.40. The van der Waals surface area contributed by atoms with Gasteiger partial charge in [0.15, 0.2) is 5.76 Å². The summed E-state index contributed by atoms with van der Waals surface area (Å²) in [6.45, 7) is 2.36. The zero-order valence-electron chi connectivity index (χ0n) is 11.6. The topological polar surface area (TPSA) is 73.3 Å². The molecule has 21 heavy (non-hydrogen) atoms. The number of nitrogens with zero attached hydrogens (tertiary/aromatic N) is 3. The Hall–Kier alpha value is -2.60. The van der Waals surface area contributed by atoms with Crippen LogP contribution in [0.15, 0.2) is 47.1 Å². The maximum absolute atomic E-state index is 9.41. The largest absolute Gasteiger partial charge is 0.494 e. The highest BCUT2D eigenvalue weighted by molar-refractivity contribution is 5.58. The van der Waals surface area contributed by atoms with Crippen LogP contribution >= 0.6 is 0 Å². The molecule has 1 N–H and O–H groups in total. The fourth-order valence-electron chi connectivity index (χ4n) is 2.11. The van der Waals surface area contributed by atoms with Crippen molar-refractivity contribution < 1.29 is 14.3 Å². The second-order valence-electron chi connectivity index (χ2n) is 4.36. The van der Waals surface area contributed by atoms with Crippen molar-refractivity contribution in [3.05, 3.63) is 48.4 Å². The van der Waals surface area contributed by atoms with E-state index in [1.165, 1.54) is 0 Å². The molecule has 0 atom stereocenters. The Balaban J connectivity index is 2.04. The predicted molar refractivity (Wildman–Crippen MR) is 76.2 cm³/mol. The van der Waals surface area contributed by atoms with Crippen LogP contribution in [0.3, 0.4) is 0 Å². The summed E-state index contributed by atoms with van der Waals surface area (Å²) in [7, 11) is 0. The normalized spacial score (nSPS) is 10.8. The minimum Gasteiger partial charge on any atom is -0.494 e. The monoisotopic (exact) mass is 285 g/mol. The third kappa shape index (κ3) is 2.53. The van der Waals surface area contributed by atoms with Crippen molar-refractivity contribution in [2.75, 3.05) is 6.61 Å². The van der Waals surface area contributed by atoms with Gasteiger partial charge < -0.3 is 14.3 Å². The van der Waals surface area contributed by atoms with Gasteiger partial charge in [-0.25, -0.2) is 4.68 Å². The van der Waals surface area contributed by atoms with Gasteiger partial charge in [0, 0.05) is 0 Å². The van der Waals surface area contributed by atoms with Gasteiger partial charge in [0.1, 0.15) is 17.1 Å². The fourth-order valence-corrected chi connectivity index (χ4v) is 2.11. The summed E-state index contributed by atoms with van der Waals surface area (Å²) in [5.41, 5.74) is 1.93. The molecule has 0 unspecified atom stereocenters. The molecule has 1 aromatic carbocycles. The third-order valence-electron chi connectivity index (χ3n) is 3.04. The molecule has 0 aliphatic heterocycles. The lowest BCUT2D eigenvalue weighted by molar-refractivity contribution is 0.277. The third-order valence-corrected chi connectivity index (χ3v) is 3.04. The van der Waals surface area contributed by atoms with Crippen LogP contribution in [0.25, 0.3) is 17.1 Å². The Labute approximate surface area is 121 Å². The average Bonchev–Trinajstić information content (AvgIpc) is 3.17. The minimum absolute atomic E-state index is 0.201. The Morgan fingerprint density at radius 2 is 2.05 bits per heavy atom. The Kier molecular flexibility index (Phi) is 3.70. The molecule has 108 valence electrons. The first-order valence-electron chi connectivity index (χ1n) is 6.66. The van der Waals surface area contributed by atoms with E-state index in [1.54, 1.807) is 17.0 Å². The number of furan rings is 1. The molecule has 6 heteroatoms. The van der Waals surface area contributed by atoms with E-state index in [-0.39, 0.29) is 6.61 Å². The highest BCUT2D eigenvalue weighted by atomic mass is 16.5. The first kappa shape index (κ1) is 13.4. The van der Waals surface area contributed by atoms with Gasteiger partial charge in [0.2, 0.25) is 0 Å². The van der Waals surface area contributed by atoms with Gasteiger partial charge in [-0.05, 0) is 43.3 Å². The van der Waals surface area contributed by atoms with Gasteiger partial charge in [-0.1, -0.05) is 5.21 Å². The quantitative estimate of drug-likeness (QED) is 0.779. The van der Waals surface area contributed by atoms with E-state index in [4.69, 9.17) is 9.15 Å². The Bertz CT molecular complexity index is 702. The average molecular weight is 285 g/mol. The fraction of sp³-hybridized carbons (Fsp3) is 0.200. The summed E-state index contributed by atoms with van der Waals surface area (Å²) in [4.78, 5) is 0. The molecule has 2 heterocycles.